The molecule has 1 unspecified atom stereocenters. The Morgan fingerprint density at radius 1 is 1.50 bits per heavy atom. The third-order valence-electron chi connectivity index (χ3n) is 1.23. The first-order chi connectivity index (χ1) is 5.57. The van der Waals surface area contributed by atoms with Gasteiger partial charge in [0.05, 0.1) is 0 Å². The fourth-order valence-corrected chi connectivity index (χ4v) is 0.631. The van der Waals surface area contributed by atoms with E-state index < -0.39 is 18.6 Å². The minimum Gasteiger partial charge on any atom is -0.402 e. The number of nitrogens with two attached hydrogens (primary N) is 2. The van der Waals surface area contributed by atoms with Crippen molar-refractivity contribution < 1.29 is 18.3 Å². The molecule has 4 nitrogen and oxygen atoms in total. The van der Waals surface area contributed by atoms with Gasteiger partial charge in [-0.3, -0.25) is 4.79 Å². The van der Waals surface area contributed by atoms with E-state index in [0.717, 1.165) is 0 Å². The number of esters is 1. The van der Waals surface area contributed by atoms with Crippen molar-refractivity contribution in [1.29, 1.82) is 0 Å². The summed E-state index contributed by atoms with van der Waals surface area (Å²) in [5.74, 6) is -1.08. The van der Waals surface area contributed by atoms with Crippen LogP contribution in [0.3, 0.4) is 0 Å². The number of alkyl halides is 2. The maximum absolute atomic E-state index is 11.4. The van der Waals surface area contributed by atoms with Crippen LogP contribution in [0.2, 0.25) is 0 Å². The fraction of sp³-hybridized carbons (Fsp3) is 0.833. The number of halogens is 2. The minimum absolute atomic E-state index is 0.266. The zero-order chi connectivity index (χ0) is 9.56. The van der Waals surface area contributed by atoms with Gasteiger partial charge in [-0.05, 0) is 19.4 Å². The highest BCUT2D eigenvalue weighted by atomic mass is 19.3. The van der Waals surface area contributed by atoms with E-state index in [0.29, 0.717) is 13.0 Å². The van der Waals surface area contributed by atoms with Gasteiger partial charge < -0.3 is 16.2 Å². The Bertz CT molecular complexity index is 144. The van der Waals surface area contributed by atoms with Crippen molar-refractivity contribution in [1.82, 2.24) is 0 Å². The molecule has 0 spiro atoms. The van der Waals surface area contributed by atoms with Crippen LogP contribution in [-0.2, 0) is 9.53 Å². The van der Waals surface area contributed by atoms with Crippen molar-refractivity contribution in [2.24, 2.45) is 11.5 Å². The molecule has 0 fully saturated rings. The average molecular weight is 182 g/mol. The molecule has 0 aliphatic heterocycles. The molecule has 0 heterocycles. The fourth-order valence-electron chi connectivity index (χ4n) is 0.631. The van der Waals surface area contributed by atoms with E-state index in [-0.39, 0.29) is 6.42 Å². The summed E-state index contributed by atoms with van der Waals surface area (Å²) in [5.41, 5.74) is 10.3. The van der Waals surface area contributed by atoms with Crippen molar-refractivity contribution in [2.45, 2.75) is 25.5 Å². The highest BCUT2D eigenvalue weighted by Gasteiger charge is 2.18. The first kappa shape index (κ1) is 11.2. The van der Waals surface area contributed by atoms with Gasteiger partial charge in [0.15, 0.2) is 0 Å². The summed E-state index contributed by atoms with van der Waals surface area (Å²) < 4.78 is 26.5. The normalized spacial score (nSPS) is 13.1. The van der Waals surface area contributed by atoms with Gasteiger partial charge in [0.2, 0.25) is 0 Å². The SMILES string of the molecule is NCCCC(N)C(=O)OC(F)F. The molecular formula is C6H12F2N2O2. The van der Waals surface area contributed by atoms with Crippen LogP contribution in [-0.4, -0.2) is 25.2 Å². The van der Waals surface area contributed by atoms with E-state index in [9.17, 15) is 13.6 Å². The van der Waals surface area contributed by atoms with Gasteiger partial charge in [0, 0.05) is 0 Å². The minimum atomic E-state index is -3.10. The second-order valence-electron chi connectivity index (χ2n) is 2.23. The number of hydrogen-bond donors (Lipinski definition) is 2. The summed E-state index contributed by atoms with van der Waals surface area (Å²) in [6.45, 7) is -2.73. The Hall–Kier alpha value is -0.750. The summed E-state index contributed by atoms with van der Waals surface area (Å²) >= 11 is 0. The lowest BCUT2D eigenvalue weighted by Crippen LogP contribution is -2.33. The second kappa shape index (κ2) is 5.84. The number of carbonyl (C=O) groups excluding carboxylic acids is 1. The maximum atomic E-state index is 11.4. The van der Waals surface area contributed by atoms with Crippen LogP contribution in [0.5, 0.6) is 0 Å². The second-order valence-corrected chi connectivity index (χ2v) is 2.23. The highest BCUT2D eigenvalue weighted by Crippen LogP contribution is 2.01. The van der Waals surface area contributed by atoms with Gasteiger partial charge in [-0.1, -0.05) is 0 Å². The highest BCUT2D eigenvalue weighted by molar-refractivity contribution is 5.75. The molecule has 0 saturated carbocycles. The molecule has 0 bridgehead atoms. The van der Waals surface area contributed by atoms with E-state index in [1.54, 1.807) is 0 Å². The van der Waals surface area contributed by atoms with Crippen LogP contribution in [0.4, 0.5) is 8.78 Å². The maximum Gasteiger partial charge on any atom is 0.389 e. The van der Waals surface area contributed by atoms with Crippen molar-refractivity contribution in [2.75, 3.05) is 6.54 Å². The molecule has 0 rings (SSSR count). The molecule has 0 saturated heterocycles. The molecule has 0 amide bonds. The molecule has 0 aromatic carbocycles. The van der Waals surface area contributed by atoms with Crippen LogP contribution in [0.25, 0.3) is 0 Å². The first-order valence-corrected chi connectivity index (χ1v) is 3.52. The quantitative estimate of drug-likeness (QED) is 0.578. The Kier molecular flexibility index (Phi) is 5.48. The summed E-state index contributed by atoms with van der Waals surface area (Å²) in [4.78, 5) is 10.6. The lowest BCUT2D eigenvalue weighted by Gasteiger charge is -2.09. The molecule has 0 radical (unpaired) electrons. The lowest BCUT2D eigenvalue weighted by atomic mass is 10.2. The molecule has 12 heavy (non-hydrogen) atoms. The van der Waals surface area contributed by atoms with Crippen molar-refractivity contribution in [3.63, 3.8) is 0 Å². The molecule has 1 atom stereocenters. The molecule has 4 N–H and O–H groups in total. The number of hydrogen-bond acceptors (Lipinski definition) is 4. The third-order valence-corrected chi connectivity index (χ3v) is 1.23. The molecule has 0 aliphatic carbocycles. The topological polar surface area (TPSA) is 78.3 Å². The molecule has 0 aromatic heterocycles. The average Bonchev–Trinajstić information content (AvgIpc) is 1.98. The first-order valence-electron chi connectivity index (χ1n) is 3.52. The van der Waals surface area contributed by atoms with Gasteiger partial charge in [-0.15, -0.1) is 0 Å². The zero-order valence-corrected chi connectivity index (χ0v) is 6.50. The Morgan fingerprint density at radius 2 is 2.08 bits per heavy atom. The van der Waals surface area contributed by atoms with Crippen LogP contribution in [0.15, 0.2) is 0 Å². The summed E-state index contributed by atoms with van der Waals surface area (Å²) in [6.07, 6.45) is 0.779. The van der Waals surface area contributed by atoms with Crippen molar-refractivity contribution >= 4 is 5.97 Å². The molecule has 6 heteroatoms. The number of rotatable bonds is 5. The molecule has 0 aliphatic rings. The largest absolute Gasteiger partial charge is 0.402 e. The van der Waals surface area contributed by atoms with Crippen LogP contribution in [0, 0.1) is 0 Å². The van der Waals surface area contributed by atoms with Crippen LogP contribution < -0.4 is 11.5 Å². The molecule has 0 aromatic rings. The predicted octanol–water partition coefficient (Wildman–Crippen LogP) is -0.182. The monoisotopic (exact) mass is 182 g/mol. The van der Waals surface area contributed by atoms with Gasteiger partial charge in [0.25, 0.3) is 0 Å². The van der Waals surface area contributed by atoms with E-state index in [1.807, 2.05) is 0 Å². The predicted molar refractivity (Wildman–Crippen MR) is 38.4 cm³/mol. The standard InChI is InChI=1S/C6H12F2N2O2/c7-6(8)12-5(11)4(10)2-1-3-9/h4,6H,1-3,9-10H2. The summed E-state index contributed by atoms with van der Waals surface area (Å²) in [6, 6.07) is -0.998. The molecular weight excluding hydrogens is 170 g/mol. The lowest BCUT2D eigenvalue weighted by molar-refractivity contribution is -0.177. The van der Waals surface area contributed by atoms with E-state index >= 15 is 0 Å². The van der Waals surface area contributed by atoms with Gasteiger partial charge in [-0.25, -0.2) is 0 Å². The third kappa shape index (κ3) is 4.97. The van der Waals surface area contributed by atoms with E-state index in [1.165, 1.54) is 0 Å². The smallest absolute Gasteiger partial charge is 0.389 e. The molecule has 72 valence electrons. The van der Waals surface area contributed by atoms with Crippen LogP contribution >= 0.6 is 0 Å². The van der Waals surface area contributed by atoms with Gasteiger partial charge in [-0.2, -0.15) is 8.78 Å². The Labute approximate surface area is 68.8 Å². The van der Waals surface area contributed by atoms with E-state index in [2.05, 4.69) is 4.74 Å². The number of ether oxygens (including phenoxy) is 1. The van der Waals surface area contributed by atoms with Gasteiger partial charge in [0.1, 0.15) is 6.04 Å². The van der Waals surface area contributed by atoms with E-state index in [4.69, 9.17) is 11.5 Å². The summed E-state index contributed by atoms with van der Waals surface area (Å²) in [5, 5.41) is 0. The van der Waals surface area contributed by atoms with Crippen molar-refractivity contribution in [3.8, 4) is 0 Å². The van der Waals surface area contributed by atoms with Gasteiger partial charge >= 0.3 is 12.6 Å². The Morgan fingerprint density at radius 3 is 2.50 bits per heavy atom. The Balaban J connectivity index is 3.61. The van der Waals surface area contributed by atoms with Crippen molar-refractivity contribution in [3.05, 3.63) is 0 Å². The zero-order valence-electron chi connectivity index (χ0n) is 6.50. The van der Waals surface area contributed by atoms with Crippen LogP contribution in [0.1, 0.15) is 12.8 Å². The summed E-state index contributed by atoms with van der Waals surface area (Å²) in [7, 11) is 0. The number of carbonyl (C=O) groups is 1.